The molecule has 1 fully saturated rings. The summed E-state index contributed by atoms with van der Waals surface area (Å²) in [6.45, 7) is -0.195. The number of carbonyl (C=O) groups is 1. The third-order valence-corrected chi connectivity index (χ3v) is 3.03. The molecule has 1 atom stereocenters. The molecule has 0 saturated carbocycles. The number of aliphatic hydroxyl groups is 2. The first-order valence-electron chi connectivity index (χ1n) is 5.77. The van der Waals surface area contributed by atoms with Gasteiger partial charge < -0.3 is 20.4 Å². The van der Waals surface area contributed by atoms with Crippen LogP contribution in [-0.4, -0.2) is 46.4 Å². The number of anilines is 1. The third-order valence-electron chi connectivity index (χ3n) is 3.03. The second-order valence-electron chi connectivity index (χ2n) is 4.64. The minimum absolute atomic E-state index is 0.00179. The van der Waals surface area contributed by atoms with Gasteiger partial charge in [-0.15, -0.1) is 0 Å². The van der Waals surface area contributed by atoms with Crippen LogP contribution in [0.5, 0.6) is 0 Å². The molecule has 3 N–H and O–H groups in total. The number of halogens is 2. The molecule has 1 aliphatic rings. The molecule has 2 rings (SSSR count). The van der Waals surface area contributed by atoms with Crippen LogP contribution in [0.1, 0.15) is 6.42 Å². The van der Waals surface area contributed by atoms with Crippen LogP contribution in [0.25, 0.3) is 0 Å². The van der Waals surface area contributed by atoms with Crippen LogP contribution < -0.4 is 5.32 Å². The number of aliphatic hydroxyl groups excluding tert-OH is 1. The summed E-state index contributed by atoms with van der Waals surface area (Å²) in [5.41, 5.74) is -1.30. The molecule has 0 bridgehead atoms. The van der Waals surface area contributed by atoms with Crippen molar-refractivity contribution < 1.29 is 23.8 Å². The molecule has 1 heterocycles. The standard InChI is InChI=1S/C12H14F2N2O3/c13-8-3-9(14)5-10(4-8)15-11(18)16-2-1-12(19,6-16)7-17/h3-5,17,19H,1-2,6-7H2,(H,15,18). The number of carbonyl (C=O) groups excluding carboxylic acids is 1. The number of likely N-dealkylation sites (tertiary alicyclic amines) is 1. The second-order valence-corrected chi connectivity index (χ2v) is 4.64. The number of hydrogen-bond acceptors (Lipinski definition) is 3. The Kier molecular flexibility index (Phi) is 3.68. The highest BCUT2D eigenvalue weighted by Gasteiger charge is 2.37. The number of benzene rings is 1. The van der Waals surface area contributed by atoms with Crippen molar-refractivity contribution in [2.75, 3.05) is 25.0 Å². The molecule has 7 heteroatoms. The van der Waals surface area contributed by atoms with Crippen molar-refractivity contribution in [3.05, 3.63) is 29.8 Å². The average Bonchev–Trinajstić information content (AvgIpc) is 2.71. The molecule has 1 aromatic carbocycles. The molecule has 0 aromatic heterocycles. The van der Waals surface area contributed by atoms with E-state index in [4.69, 9.17) is 5.11 Å². The van der Waals surface area contributed by atoms with E-state index in [1.807, 2.05) is 0 Å². The minimum Gasteiger partial charge on any atom is -0.393 e. The largest absolute Gasteiger partial charge is 0.393 e. The van der Waals surface area contributed by atoms with Gasteiger partial charge in [0.2, 0.25) is 0 Å². The predicted octanol–water partition coefficient (Wildman–Crippen LogP) is 0.926. The van der Waals surface area contributed by atoms with E-state index in [1.165, 1.54) is 4.90 Å². The smallest absolute Gasteiger partial charge is 0.321 e. The van der Waals surface area contributed by atoms with Gasteiger partial charge in [0, 0.05) is 18.3 Å². The minimum atomic E-state index is -1.30. The van der Waals surface area contributed by atoms with E-state index in [0.29, 0.717) is 6.07 Å². The Bertz CT molecular complexity index is 478. The van der Waals surface area contributed by atoms with E-state index in [0.717, 1.165) is 12.1 Å². The number of rotatable bonds is 2. The van der Waals surface area contributed by atoms with Crippen LogP contribution in [0.15, 0.2) is 18.2 Å². The van der Waals surface area contributed by atoms with Crippen LogP contribution in [-0.2, 0) is 0 Å². The SMILES string of the molecule is O=C(Nc1cc(F)cc(F)c1)N1CCC(O)(CO)C1. The Morgan fingerprint density at radius 1 is 1.37 bits per heavy atom. The van der Waals surface area contributed by atoms with Gasteiger partial charge in [0.05, 0.1) is 13.2 Å². The van der Waals surface area contributed by atoms with Gasteiger partial charge in [-0.3, -0.25) is 0 Å². The van der Waals surface area contributed by atoms with E-state index >= 15 is 0 Å². The summed E-state index contributed by atoms with van der Waals surface area (Å²) in [5, 5.41) is 21.1. The second kappa shape index (κ2) is 5.10. The van der Waals surface area contributed by atoms with E-state index in [-0.39, 0.29) is 25.2 Å². The summed E-state index contributed by atoms with van der Waals surface area (Å²) in [7, 11) is 0. The molecule has 104 valence electrons. The molecule has 0 radical (unpaired) electrons. The maximum atomic E-state index is 13.0. The summed E-state index contributed by atoms with van der Waals surface area (Å²) >= 11 is 0. The number of urea groups is 1. The van der Waals surface area contributed by atoms with Crippen molar-refractivity contribution >= 4 is 11.7 Å². The summed E-state index contributed by atoms with van der Waals surface area (Å²) in [4.78, 5) is 13.1. The van der Waals surface area contributed by atoms with Crippen LogP contribution >= 0.6 is 0 Å². The highest BCUT2D eigenvalue weighted by molar-refractivity contribution is 5.89. The first-order valence-corrected chi connectivity index (χ1v) is 5.77. The Labute approximate surface area is 108 Å². The lowest BCUT2D eigenvalue weighted by molar-refractivity contribution is -0.00246. The molecular formula is C12H14F2N2O3. The quantitative estimate of drug-likeness (QED) is 0.749. The zero-order chi connectivity index (χ0) is 14.0. The number of amides is 2. The van der Waals surface area contributed by atoms with Crippen molar-refractivity contribution in [1.82, 2.24) is 4.90 Å². The molecule has 1 aromatic rings. The number of hydrogen-bond donors (Lipinski definition) is 3. The van der Waals surface area contributed by atoms with Crippen molar-refractivity contribution in [1.29, 1.82) is 0 Å². The Morgan fingerprint density at radius 2 is 2.00 bits per heavy atom. The van der Waals surface area contributed by atoms with Gasteiger partial charge in [-0.1, -0.05) is 0 Å². The Hall–Kier alpha value is -1.73. The van der Waals surface area contributed by atoms with E-state index < -0.39 is 29.9 Å². The zero-order valence-electron chi connectivity index (χ0n) is 10.1. The van der Waals surface area contributed by atoms with Crippen molar-refractivity contribution in [3.8, 4) is 0 Å². The maximum absolute atomic E-state index is 13.0. The van der Waals surface area contributed by atoms with Gasteiger partial charge >= 0.3 is 6.03 Å². The maximum Gasteiger partial charge on any atom is 0.321 e. The monoisotopic (exact) mass is 272 g/mol. The summed E-state index contributed by atoms with van der Waals surface area (Å²) in [6.07, 6.45) is 0.258. The fourth-order valence-corrected chi connectivity index (χ4v) is 1.99. The molecule has 2 amide bonds. The van der Waals surface area contributed by atoms with Gasteiger partial charge in [0.15, 0.2) is 0 Å². The normalized spacial score (nSPS) is 22.6. The first kappa shape index (κ1) is 13.7. The summed E-state index contributed by atoms with van der Waals surface area (Å²) in [5.74, 6) is -1.58. The highest BCUT2D eigenvalue weighted by atomic mass is 19.1. The van der Waals surface area contributed by atoms with E-state index in [1.54, 1.807) is 0 Å². The zero-order valence-corrected chi connectivity index (χ0v) is 10.1. The Morgan fingerprint density at radius 3 is 2.53 bits per heavy atom. The van der Waals surface area contributed by atoms with Crippen LogP contribution in [0, 0.1) is 11.6 Å². The highest BCUT2D eigenvalue weighted by Crippen LogP contribution is 2.22. The lowest BCUT2D eigenvalue weighted by Crippen LogP contribution is -2.40. The van der Waals surface area contributed by atoms with E-state index in [2.05, 4.69) is 5.32 Å². The van der Waals surface area contributed by atoms with Crippen molar-refractivity contribution in [2.24, 2.45) is 0 Å². The Balaban J connectivity index is 2.02. The predicted molar refractivity (Wildman–Crippen MR) is 63.6 cm³/mol. The topological polar surface area (TPSA) is 72.8 Å². The van der Waals surface area contributed by atoms with Crippen molar-refractivity contribution in [3.63, 3.8) is 0 Å². The molecule has 1 aliphatic heterocycles. The van der Waals surface area contributed by atoms with Gasteiger partial charge in [-0.2, -0.15) is 0 Å². The molecular weight excluding hydrogens is 258 g/mol. The molecule has 1 saturated heterocycles. The molecule has 0 aliphatic carbocycles. The number of nitrogens with zero attached hydrogens (tertiary/aromatic N) is 1. The van der Waals surface area contributed by atoms with Gasteiger partial charge in [-0.25, -0.2) is 13.6 Å². The fraction of sp³-hybridized carbons (Fsp3) is 0.417. The van der Waals surface area contributed by atoms with Crippen molar-refractivity contribution in [2.45, 2.75) is 12.0 Å². The lowest BCUT2D eigenvalue weighted by atomic mass is 10.1. The van der Waals surface area contributed by atoms with Crippen LogP contribution in [0.3, 0.4) is 0 Å². The van der Waals surface area contributed by atoms with E-state index in [9.17, 15) is 18.7 Å². The first-order chi connectivity index (χ1) is 8.92. The average molecular weight is 272 g/mol. The number of β-amino-alcohol motifs (C(OH)–C–C–N with tert-alkyl or cyclic N) is 1. The van der Waals surface area contributed by atoms with Gasteiger partial charge in [0.1, 0.15) is 17.2 Å². The summed E-state index contributed by atoms with van der Waals surface area (Å²) < 4.78 is 25.9. The van der Waals surface area contributed by atoms with Crippen LogP contribution in [0.2, 0.25) is 0 Å². The van der Waals surface area contributed by atoms with Gasteiger partial charge in [0.25, 0.3) is 0 Å². The van der Waals surface area contributed by atoms with Crippen LogP contribution in [0.4, 0.5) is 19.3 Å². The summed E-state index contributed by atoms with van der Waals surface area (Å²) in [6, 6.07) is 2.12. The van der Waals surface area contributed by atoms with Gasteiger partial charge in [-0.05, 0) is 18.6 Å². The molecule has 1 unspecified atom stereocenters. The molecule has 0 spiro atoms. The number of nitrogens with one attached hydrogen (secondary N) is 1. The third kappa shape index (κ3) is 3.18. The lowest BCUT2D eigenvalue weighted by Gasteiger charge is -2.21. The fourth-order valence-electron chi connectivity index (χ4n) is 1.99. The molecule has 19 heavy (non-hydrogen) atoms. The molecule has 5 nitrogen and oxygen atoms in total.